The van der Waals surface area contributed by atoms with E-state index in [1.165, 1.54) is 6.07 Å². The van der Waals surface area contributed by atoms with Crippen molar-refractivity contribution in [1.82, 2.24) is 0 Å². The van der Waals surface area contributed by atoms with Crippen molar-refractivity contribution in [2.75, 3.05) is 23.4 Å². The smallest absolute Gasteiger partial charge is 0.255 e. The number of ether oxygens (including phenoxy) is 1. The van der Waals surface area contributed by atoms with Crippen LogP contribution in [0.1, 0.15) is 37.6 Å². The second-order valence-electron chi connectivity index (χ2n) is 7.39. The Hall–Kier alpha value is -2.24. The van der Waals surface area contributed by atoms with E-state index in [9.17, 15) is 9.59 Å². The summed E-state index contributed by atoms with van der Waals surface area (Å²) in [4.78, 5) is 27.2. The van der Waals surface area contributed by atoms with Crippen LogP contribution in [0.5, 0.6) is 5.75 Å². The van der Waals surface area contributed by atoms with Crippen LogP contribution in [-0.2, 0) is 4.79 Å². The summed E-state index contributed by atoms with van der Waals surface area (Å²) in [5.74, 6) is 0.286. The van der Waals surface area contributed by atoms with Gasteiger partial charge in [0.15, 0.2) is 0 Å². The van der Waals surface area contributed by atoms with Crippen LogP contribution >= 0.6 is 23.2 Å². The van der Waals surface area contributed by atoms with E-state index in [0.717, 1.165) is 6.42 Å². The van der Waals surface area contributed by atoms with Crippen LogP contribution in [0.15, 0.2) is 36.4 Å². The molecule has 0 bridgehead atoms. The van der Waals surface area contributed by atoms with Crippen LogP contribution < -0.4 is 15.0 Å². The molecule has 2 amide bonds. The van der Waals surface area contributed by atoms with E-state index in [2.05, 4.69) is 5.32 Å². The summed E-state index contributed by atoms with van der Waals surface area (Å²) in [7, 11) is 0. The third kappa shape index (κ3) is 4.10. The van der Waals surface area contributed by atoms with Crippen LogP contribution in [0.3, 0.4) is 0 Å². The Morgan fingerprint density at radius 1 is 1.18 bits per heavy atom. The summed E-state index contributed by atoms with van der Waals surface area (Å²) in [6, 6.07) is 10.00. The highest BCUT2D eigenvalue weighted by Gasteiger charge is 2.37. The number of halogens is 2. The first kappa shape index (κ1) is 20.5. The van der Waals surface area contributed by atoms with Crippen molar-refractivity contribution in [2.24, 2.45) is 5.41 Å². The second-order valence-corrected chi connectivity index (χ2v) is 8.21. The van der Waals surface area contributed by atoms with E-state index < -0.39 is 5.41 Å². The molecular weight excluding hydrogens is 399 g/mol. The average Bonchev–Trinajstić information content (AvgIpc) is 2.74. The van der Waals surface area contributed by atoms with E-state index in [0.29, 0.717) is 39.3 Å². The quantitative estimate of drug-likeness (QED) is 0.719. The van der Waals surface area contributed by atoms with Gasteiger partial charge in [-0.15, -0.1) is 0 Å². The second kappa shape index (κ2) is 8.02. The fourth-order valence-electron chi connectivity index (χ4n) is 3.01. The maximum Gasteiger partial charge on any atom is 0.255 e. The molecule has 0 radical (unpaired) electrons. The lowest BCUT2D eigenvalue weighted by Gasteiger charge is -2.27. The Morgan fingerprint density at radius 2 is 1.93 bits per heavy atom. The topological polar surface area (TPSA) is 58.6 Å². The fourth-order valence-corrected chi connectivity index (χ4v) is 3.31. The molecule has 1 aliphatic heterocycles. The largest absolute Gasteiger partial charge is 0.490 e. The standard InChI is InChI=1S/C21H22Cl2N2O3/c1-4-9-25-17-8-6-14(11-18(17)28-12-21(2,3)20(25)27)24-19(26)13-5-7-15(22)16(23)10-13/h5-8,10-11H,4,9,12H2,1-3H3,(H,24,26). The Morgan fingerprint density at radius 3 is 2.61 bits per heavy atom. The normalized spacial score (nSPS) is 15.5. The first-order valence-corrected chi connectivity index (χ1v) is 9.84. The van der Waals surface area contributed by atoms with E-state index >= 15 is 0 Å². The SMILES string of the molecule is CCCN1C(=O)C(C)(C)COc2cc(NC(=O)c3ccc(Cl)c(Cl)c3)ccc21. The lowest BCUT2D eigenvalue weighted by molar-refractivity contribution is -0.127. The summed E-state index contributed by atoms with van der Waals surface area (Å²) in [6.45, 7) is 6.64. The number of anilines is 2. The first-order chi connectivity index (χ1) is 13.2. The number of rotatable bonds is 4. The highest BCUT2D eigenvalue weighted by atomic mass is 35.5. The molecule has 0 unspecified atom stereocenters. The van der Waals surface area contributed by atoms with E-state index in [1.807, 2.05) is 20.8 Å². The van der Waals surface area contributed by atoms with Crippen molar-refractivity contribution in [2.45, 2.75) is 27.2 Å². The minimum atomic E-state index is -0.627. The zero-order valence-corrected chi connectivity index (χ0v) is 17.5. The van der Waals surface area contributed by atoms with Gasteiger partial charge in [0, 0.05) is 23.9 Å². The average molecular weight is 421 g/mol. The molecule has 2 aromatic carbocycles. The highest BCUT2D eigenvalue weighted by Crippen LogP contribution is 2.38. The van der Waals surface area contributed by atoms with Gasteiger partial charge in [0.05, 0.1) is 21.1 Å². The molecule has 7 heteroatoms. The van der Waals surface area contributed by atoms with Gasteiger partial charge in [-0.1, -0.05) is 30.1 Å². The van der Waals surface area contributed by atoms with Crippen LogP contribution in [0.2, 0.25) is 10.0 Å². The minimum absolute atomic E-state index is 0.0284. The number of benzene rings is 2. The Labute approximate surface area is 174 Å². The zero-order chi connectivity index (χ0) is 20.5. The molecular formula is C21H22Cl2N2O3. The van der Waals surface area contributed by atoms with Crippen LogP contribution in [0.25, 0.3) is 0 Å². The molecule has 0 atom stereocenters. The van der Waals surface area contributed by atoms with Gasteiger partial charge in [-0.05, 0) is 50.6 Å². The summed E-state index contributed by atoms with van der Waals surface area (Å²) in [5.41, 5.74) is 1.05. The summed E-state index contributed by atoms with van der Waals surface area (Å²) in [5, 5.41) is 3.53. The fraction of sp³-hybridized carbons (Fsp3) is 0.333. The molecule has 0 aliphatic carbocycles. The predicted octanol–water partition coefficient (Wildman–Crippen LogP) is 5.41. The van der Waals surface area contributed by atoms with Crippen molar-refractivity contribution in [1.29, 1.82) is 0 Å². The monoisotopic (exact) mass is 420 g/mol. The number of amides is 2. The van der Waals surface area contributed by atoms with Crippen LogP contribution in [-0.4, -0.2) is 25.0 Å². The van der Waals surface area contributed by atoms with Gasteiger partial charge in [0.1, 0.15) is 12.4 Å². The molecule has 0 spiro atoms. The number of nitrogens with one attached hydrogen (secondary N) is 1. The molecule has 1 aliphatic rings. The third-order valence-electron chi connectivity index (χ3n) is 4.55. The van der Waals surface area contributed by atoms with Gasteiger partial charge in [0.2, 0.25) is 5.91 Å². The molecule has 0 aromatic heterocycles. The van der Waals surface area contributed by atoms with Gasteiger partial charge < -0.3 is 15.0 Å². The van der Waals surface area contributed by atoms with E-state index in [-0.39, 0.29) is 18.4 Å². The summed E-state index contributed by atoms with van der Waals surface area (Å²) < 4.78 is 5.92. The third-order valence-corrected chi connectivity index (χ3v) is 5.29. The van der Waals surface area contributed by atoms with E-state index in [4.69, 9.17) is 27.9 Å². The van der Waals surface area contributed by atoms with Gasteiger partial charge in [-0.2, -0.15) is 0 Å². The van der Waals surface area contributed by atoms with Crippen molar-refractivity contribution in [3.63, 3.8) is 0 Å². The Bertz CT molecular complexity index is 928. The number of nitrogens with zero attached hydrogens (tertiary/aromatic N) is 1. The summed E-state index contributed by atoms with van der Waals surface area (Å²) >= 11 is 11.9. The number of hydrogen-bond donors (Lipinski definition) is 1. The molecule has 0 fully saturated rings. The van der Waals surface area contributed by atoms with Gasteiger partial charge in [-0.3, -0.25) is 9.59 Å². The minimum Gasteiger partial charge on any atom is -0.490 e. The Kier molecular flexibility index (Phi) is 5.87. The van der Waals surface area contributed by atoms with Gasteiger partial charge in [0.25, 0.3) is 5.91 Å². The van der Waals surface area contributed by atoms with E-state index in [1.54, 1.807) is 35.2 Å². The molecule has 1 heterocycles. The maximum atomic E-state index is 12.9. The molecule has 0 saturated carbocycles. The molecule has 28 heavy (non-hydrogen) atoms. The molecule has 0 saturated heterocycles. The highest BCUT2D eigenvalue weighted by molar-refractivity contribution is 6.42. The number of carbonyl (C=O) groups is 2. The zero-order valence-electron chi connectivity index (χ0n) is 16.0. The molecule has 148 valence electrons. The van der Waals surface area contributed by atoms with Crippen LogP contribution in [0.4, 0.5) is 11.4 Å². The first-order valence-electron chi connectivity index (χ1n) is 9.08. The Balaban J connectivity index is 1.88. The van der Waals surface area contributed by atoms with Crippen molar-refractivity contribution in [3.05, 3.63) is 52.0 Å². The maximum absolute atomic E-state index is 12.9. The molecule has 2 aromatic rings. The lowest BCUT2D eigenvalue weighted by Crippen LogP contribution is -2.42. The molecule has 5 nitrogen and oxygen atoms in total. The number of carbonyl (C=O) groups excluding carboxylic acids is 2. The summed E-state index contributed by atoms with van der Waals surface area (Å²) in [6.07, 6.45) is 0.830. The van der Waals surface area contributed by atoms with Crippen molar-refractivity contribution >= 4 is 46.4 Å². The molecule has 3 rings (SSSR count). The molecule has 1 N–H and O–H groups in total. The van der Waals surface area contributed by atoms with Gasteiger partial charge >= 0.3 is 0 Å². The van der Waals surface area contributed by atoms with Crippen molar-refractivity contribution < 1.29 is 14.3 Å². The van der Waals surface area contributed by atoms with Crippen LogP contribution in [0, 0.1) is 5.41 Å². The predicted molar refractivity (Wildman–Crippen MR) is 113 cm³/mol. The lowest BCUT2D eigenvalue weighted by atomic mass is 9.93. The van der Waals surface area contributed by atoms with Gasteiger partial charge in [-0.25, -0.2) is 0 Å². The number of hydrogen-bond acceptors (Lipinski definition) is 3. The van der Waals surface area contributed by atoms with Crippen molar-refractivity contribution in [3.8, 4) is 5.75 Å². The number of fused-ring (bicyclic) bond motifs is 1.